The van der Waals surface area contributed by atoms with E-state index in [2.05, 4.69) is 159 Å². The van der Waals surface area contributed by atoms with Gasteiger partial charge in [-0.1, -0.05) is 118 Å². The molecule has 0 radical (unpaired) electrons. The maximum Gasteiger partial charge on any atom is -0.0181 e. The Bertz CT molecular complexity index is 1190. The first-order valence-corrected chi connectivity index (χ1v) is 17.7. The summed E-state index contributed by atoms with van der Waals surface area (Å²) in [7, 11) is 0. The van der Waals surface area contributed by atoms with Crippen LogP contribution in [0, 0.1) is 103 Å². The first kappa shape index (κ1) is 40.7. The summed E-state index contributed by atoms with van der Waals surface area (Å²) in [6, 6.07) is 17.8. The van der Waals surface area contributed by atoms with Gasteiger partial charge in [-0.25, -0.2) is 0 Å². The summed E-state index contributed by atoms with van der Waals surface area (Å²) in [4.78, 5) is 0. The molecule has 3 aromatic rings. The average Bonchev–Trinajstić information content (AvgIpc) is 3.24. The third-order valence-electron chi connectivity index (χ3n) is 12.3. The fourth-order valence-electron chi connectivity index (χ4n) is 7.41. The SMILES string of the molecule is C.CC1C(C)C(C)C1C.CCC1C(C)CC(C)C1C.Cc1cc(C)c(C)cc1C.Cc1ccc(-c2ccc(C)c(C)c2)cc1C. The third kappa shape index (κ3) is 10.9. The molecule has 3 aromatic carbocycles. The van der Waals surface area contributed by atoms with Crippen LogP contribution in [0.2, 0.25) is 0 Å². The molecule has 0 N–H and O–H groups in total. The van der Waals surface area contributed by atoms with Crippen molar-refractivity contribution in [3.63, 3.8) is 0 Å². The van der Waals surface area contributed by atoms with Crippen LogP contribution in [0.3, 0.4) is 0 Å². The topological polar surface area (TPSA) is 0 Å². The highest BCUT2D eigenvalue weighted by Crippen LogP contribution is 2.44. The number of hydrogen-bond donors (Lipinski definition) is 0. The van der Waals surface area contributed by atoms with E-state index in [1.54, 1.807) is 0 Å². The molecule has 4 unspecified atom stereocenters. The van der Waals surface area contributed by atoms with E-state index >= 15 is 0 Å². The Labute approximate surface area is 281 Å². The highest BCUT2D eigenvalue weighted by atomic mass is 14.4. The van der Waals surface area contributed by atoms with Crippen molar-refractivity contribution in [2.75, 3.05) is 0 Å². The molecule has 0 heteroatoms. The number of benzene rings is 3. The van der Waals surface area contributed by atoms with Gasteiger partial charge < -0.3 is 0 Å². The number of aryl methyl sites for hydroxylation is 8. The summed E-state index contributed by atoms with van der Waals surface area (Å²) >= 11 is 0. The van der Waals surface area contributed by atoms with Gasteiger partial charge in [-0.15, -0.1) is 0 Å². The second kappa shape index (κ2) is 18.1. The average molecular weight is 613 g/mol. The summed E-state index contributed by atoms with van der Waals surface area (Å²) in [5.41, 5.74) is 13.6. The van der Waals surface area contributed by atoms with Crippen LogP contribution in [0.25, 0.3) is 11.1 Å². The Kier molecular flexibility index (Phi) is 16.4. The number of rotatable bonds is 2. The van der Waals surface area contributed by atoms with Gasteiger partial charge in [0.2, 0.25) is 0 Å². The smallest absolute Gasteiger partial charge is 0.0181 e. The molecule has 4 atom stereocenters. The van der Waals surface area contributed by atoms with Crippen molar-refractivity contribution in [2.45, 2.75) is 131 Å². The lowest BCUT2D eigenvalue weighted by Gasteiger charge is -2.45. The van der Waals surface area contributed by atoms with Crippen LogP contribution in [-0.2, 0) is 0 Å². The second-order valence-electron chi connectivity index (χ2n) is 15.2. The van der Waals surface area contributed by atoms with Crippen LogP contribution in [0.15, 0.2) is 48.5 Å². The summed E-state index contributed by atoms with van der Waals surface area (Å²) in [5, 5.41) is 0. The molecular weight excluding hydrogens is 540 g/mol. The van der Waals surface area contributed by atoms with E-state index < -0.39 is 0 Å². The molecule has 0 nitrogen and oxygen atoms in total. The molecule has 2 aliphatic carbocycles. The van der Waals surface area contributed by atoms with Crippen molar-refractivity contribution in [1.82, 2.24) is 0 Å². The van der Waals surface area contributed by atoms with Gasteiger partial charge in [0.15, 0.2) is 0 Å². The molecule has 2 saturated carbocycles. The molecule has 0 aliphatic heterocycles. The van der Waals surface area contributed by atoms with Crippen molar-refractivity contribution < 1.29 is 0 Å². The second-order valence-corrected chi connectivity index (χ2v) is 15.2. The largest absolute Gasteiger partial charge is 0.0776 e. The predicted octanol–water partition coefficient (Wildman–Crippen LogP) is 14.0. The summed E-state index contributed by atoms with van der Waals surface area (Å²) in [6.45, 7) is 36.2. The molecule has 252 valence electrons. The van der Waals surface area contributed by atoms with Crippen molar-refractivity contribution in [3.05, 3.63) is 93.0 Å². The van der Waals surface area contributed by atoms with Crippen molar-refractivity contribution in [3.8, 4) is 11.1 Å². The first-order valence-electron chi connectivity index (χ1n) is 17.7. The minimum atomic E-state index is 0. The van der Waals surface area contributed by atoms with Crippen LogP contribution < -0.4 is 0 Å². The fourth-order valence-corrected chi connectivity index (χ4v) is 7.41. The zero-order chi connectivity index (χ0) is 33.5. The standard InChI is InChI=1S/C16H18.C10H14.C10H20.C8H16.CH4/c1-11-5-7-15(9-13(11)3)16-8-6-12(2)14(4)10-16;1-7-5-9(3)10(4)6-8(7)2;1-5-10-8(3)6-7(2)9(10)4;1-5-6(2)8(4)7(5)3;/h5-10H,1-4H3;5-6H,1-4H3;7-10H,5-6H2,1-4H3;5-8H,1-4H3;1H4. The van der Waals surface area contributed by atoms with Crippen molar-refractivity contribution in [1.29, 1.82) is 0 Å². The molecule has 45 heavy (non-hydrogen) atoms. The van der Waals surface area contributed by atoms with E-state index in [1.807, 2.05) is 0 Å². The predicted molar refractivity (Wildman–Crippen MR) is 205 cm³/mol. The quantitative estimate of drug-likeness (QED) is 0.270. The summed E-state index contributed by atoms with van der Waals surface area (Å²) in [5.74, 6) is 7.84. The molecule has 2 fully saturated rings. The fraction of sp³-hybridized carbons (Fsp3) is 0.600. The zero-order valence-corrected chi connectivity index (χ0v) is 31.7. The normalized spacial score (nSPS) is 26.5. The van der Waals surface area contributed by atoms with Crippen molar-refractivity contribution in [2.24, 2.45) is 47.3 Å². The van der Waals surface area contributed by atoms with Gasteiger partial charge in [-0.05, 0) is 165 Å². The maximum absolute atomic E-state index is 2.42. The third-order valence-corrected chi connectivity index (χ3v) is 12.3. The summed E-state index contributed by atoms with van der Waals surface area (Å²) < 4.78 is 0. The zero-order valence-electron chi connectivity index (χ0n) is 31.7. The van der Waals surface area contributed by atoms with Crippen LogP contribution >= 0.6 is 0 Å². The Balaban J connectivity index is 0.000000309. The van der Waals surface area contributed by atoms with Crippen LogP contribution in [-0.4, -0.2) is 0 Å². The highest BCUT2D eigenvalue weighted by molar-refractivity contribution is 5.66. The number of hydrogen-bond acceptors (Lipinski definition) is 0. The Hall–Kier alpha value is -2.34. The molecule has 0 heterocycles. The lowest BCUT2D eigenvalue weighted by molar-refractivity contribution is 0.0302. The van der Waals surface area contributed by atoms with E-state index in [4.69, 9.17) is 0 Å². The van der Waals surface area contributed by atoms with E-state index in [1.165, 1.54) is 68.5 Å². The lowest BCUT2D eigenvalue weighted by Crippen LogP contribution is -2.39. The van der Waals surface area contributed by atoms with Gasteiger partial charge in [0, 0.05) is 0 Å². The highest BCUT2D eigenvalue weighted by Gasteiger charge is 2.38. The molecular formula is C45H72. The van der Waals surface area contributed by atoms with Gasteiger partial charge in [0.05, 0.1) is 0 Å². The molecule has 0 amide bonds. The van der Waals surface area contributed by atoms with E-state index in [-0.39, 0.29) is 7.43 Å². The van der Waals surface area contributed by atoms with Gasteiger partial charge in [-0.3, -0.25) is 0 Å². The van der Waals surface area contributed by atoms with Crippen LogP contribution in [0.5, 0.6) is 0 Å². The van der Waals surface area contributed by atoms with Crippen LogP contribution in [0.1, 0.15) is 120 Å². The Morgan fingerprint density at radius 3 is 0.956 bits per heavy atom. The van der Waals surface area contributed by atoms with Gasteiger partial charge in [0.1, 0.15) is 0 Å². The minimum absolute atomic E-state index is 0. The molecule has 0 aromatic heterocycles. The molecule has 0 saturated heterocycles. The molecule has 2 aliphatic rings. The molecule has 5 rings (SSSR count). The van der Waals surface area contributed by atoms with Crippen molar-refractivity contribution >= 4 is 0 Å². The molecule has 0 bridgehead atoms. The Morgan fingerprint density at radius 2 is 0.733 bits per heavy atom. The maximum atomic E-state index is 2.42. The van der Waals surface area contributed by atoms with Crippen LogP contribution in [0.4, 0.5) is 0 Å². The monoisotopic (exact) mass is 613 g/mol. The summed E-state index contributed by atoms with van der Waals surface area (Å²) in [6.07, 6.45) is 2.84. The molecule has 0 spiro atoms. The first-order chi connectivity index (χ1) is 20.5. The van der Waals surface area contributed by atoms with Gasteiger partial charge in [0.25, 0.3) is 0 Å². The van der Waals surface area contributed by atoms with E-state index in [0.717, 1.165) is 47.3 Å². The van der Waals surface area contributed by atoms with E-state index in [0.29, 0.717) is 0 Å². The van der Waals surface area contributed by atoms with Gasteiger partial charge >= 0.3 is 0 Å². The van der Waals surface area contributed by atoms with E-state index in [9.17, 15) is 0 Å². The minimum Gasteiger partial charge on any atom is -0.0776 e. The lowest BCUT2D eigenvalue weighted by atomic mass is 9.60. The Morgan fingerprint density at radius 1 is 0.422 bits per heavy atom. The van der Waals surface area contributed by atoms with Gasteiger partial charge in [-0.2, -0.15) is 0 Å².